The topological polar surface area (TPSA) is 82.3 Å². The Morgan fingerprint density at radius 2 is 0.775 bits per heavy atom. The number of halogens is 1. The second-order valence-corrected chi connectivity index (χ2v) is 18.8. The molecule has 0 bridgehead atoms. The number of rotatable bonds is 8. The van der Waals surface area contributed by atoms with E-state index in [-0.39, 0.29) is 0 Å². The van der Waals surface area contributed by atoms with Crippen LogP contribution in [-0.4, -0.2) is 34.5 Å². The molecule has 0 saturated heterocycles. The highest BCUT2D eigenvalue weighted by atomic mass is 35.5. The molecule has 0 fully saturated rings. The fourth-order valence-corrected chi connectivity index (χ4v) is 10.5. The van der Waals surface area contributed by atoms with Crippen LogP contribution < -0.4 is 0 Å². The fraction of sp³-hybridized carbons (Fsp3) is 0. The minimum absolute atomic E-state index is 0.567. The van der Waals surface area contributed by atoms with Crippen LogP contribution >= 0.6 is 23.4 Å². The molecule has 0 aliphatic carbocycles. The molecule has 9 heteroatoms. The Labute approximate surface area is 419 Å². The average molecular weight is 949 g/mol. The molecule has 0 radical (unpaired) electrons. The predicted molar refractivity (Wildman–Crippen MR) is 290 cm³/mol. The monoisotopic (exact) mass is 947 g/mol. The van der Waals surface area contributed by atoms with Crippen LogP contribution in [0.25, 0.3) is 119 Å². The Kier molecular flexibility index (Phi) is 10.7. The maximum atomic E-state index is 6.41. The first-order valence-corrected chi connectivity index (χ1v) is 24.5. The van der Waals surface area contributed by atoms with Gasteiger partial charge in [0.2, 0.25) is 0 Å². The van der Waals surface area contributed by atoms with Gasteiger partial charge in [-0.3, -0.25) is 0 Å². The van der Waals surface area contributed by atoms with Crippen molar-refractivity contribution in [1.82, 2.24) is 34.5 Å². The molecule has 12 aromatic rings. The van der Waals surface area contributed by atoms with Gasteiger partial charge in [0.1, 0.15) is 0 Å². The van der Waals surface area contributed by atoms with Crippen LogP contribution in [0.15, 0.2) is 228 Å². The van der Waals surface area contributed by atoms with Crippen molar-refractivity contribution in [2.24, 2.45) is 0 Å². The van der Waals surface area contributed by atoms with Crippen LogP contribution in [0.3, 0.4) is 0 Å². The van der Waals surface area contributed by atoms with Gasteiger partial charge in [0, 0.05) is 64.7 Å². The van der Waals surface area contributed by atoms with E-state index in [1.54, 1.807) is 11.8 Å². The molecule has 334 valence electrons. The van der Waals surface area contributed by atoms with Gasteiger partial charge in [-0.05, 0) is 70.8 Å². The molecule has 71 heavy (non-hydrogen) atoms. The molecule has 13 rings (SSSR count). The van der Waals surface area contributed by atoms with Gasteiger partial charge in [-0.1, -0.05) is 205 Å². The Bertz CT molecular complexity index is 3970. The molecule has 0 saturated carbocycles. The standard InChI is InChI=1S/C62H38ClN7S/c63-49-22-12-20-47(34-49)61-66-59(43-18-8-3-9-19-43)65-60(69-61)44-30-26-39(27-31-44)45-32-28-40-29-33-46-36-52-51-24-10-11-25-53(51)70(54(52)38-56(46)71-55(40)37-45)50-23-13-21-48(35-50)62-67-57(41-14-4-1-5-15-41)64-58(68-62)42-16-6-2-7-17-42/h1-38H. The van der Waals surface area contributed by atoms with Gasteiger partial charge in [0.05, 0.1) is 11.0 Å². The molecule has 3 aromatic heterocycles. The SMILES string of the molecule is Clc1cccc(-c2nc(-c3ccccc3)nc(-c3ccc(-c4ccc5c(c4)Sc4cc6c(cc4C=C5)c4ccccc4n6-c4cccc(-c5nc(-c6ccccc6)nc(-c6ccccc6)n5)c4)cc3)n2)c1. The minimum atomic E-state index is 0.567. The smallest absolute Gasteiger partial charge is 0.164 e. The van der Waals surface area contributed by atoms with E-state index in [1.807, 2.05) is 115 Å². The zero-order chi connectivity index (χ0) is 47.3. The number of benzene rings is 9. The molecule has 0 N–H and O–H groups in total. The van der Waals surface area contributed by atoms with Gasteiger partial charge in [-0.15, -0.1) is 0 Å². The lowest BCUT2D eigenvalue weighted by Gasteiger charge is -2.13. The summed E-state index contributed by atoms with van der Waals surface area (Å²) in [6, 6.07) is 74.9. The number of hydrogen-bond acceptors (Lipinski definition) is 7. The highest BCUT2D eigenvalue weighted by Gasteiger charge is 2.20. The molecule has 0 spiro atoms. The van der Waals surface area contributed by atoms with E-state index in [2.05, 4.69) is 120 Å². The van der Waals surface area contributed by atoms with Crippen molar-refractivity contribution >= 4 is 57.3 Å². The summed E-state index contributed by atoms with van der Waals surface area (Å²) in [5.74, 6) is 3.64. The summed E-state index contributed by atoms with van der Waals surface area (Å²) in [7, 11) is 0. The summed E-state index contributed by atoms with van der Waals surface area (Å²) in [6.07, 6.45) is 4.49. The Morgan fingerprint density at radius 1 is 0.310 bits per heavy atom. The van der Waals surface area contributed by atoms with E-state index in [0.717, 1.165) is 61.2 Å². The molecule has 1 aliphatic heterocycles. The third-order valence-electron chi connectivity index (χ3n) is 12.8. The Hall–Kier alpha value is -8.82. The predicted octanol–water partition coefficient (Wildman–Crippen LogP) is 16.1. The lowest BCUT2D eigenvalue weighted by molar-refractivity contribution is 1.07. The zero-order valence-corrected chi connectivity index (χ0v) is 39.4. The molecule has 1 aliphatic rings. The van der Waals surface area contributed by atoms with Crippen LogP contribution in [0.4, 0.5) is 0 Å². The molecule has 9 aromatic carbocycles. The third kappa shape index (κ3) is 8.15. The van der Waals surface area contributed by atoms with Gasteiger partial charge >= 0.3 is 0 Å². The summed E-state index contributed by atoms with van der Waals surface area (Å²) >= 11 is 8.21. The number of aromatic nitrogens is 7. The van der Waals surface area contributed by atoms with Gasteiger partial charge in [0.15, 0.2) is 34.9 Å². The number of nitrogens with zero attached hydrogens (tertiary/aromatic N) is 7. The Morgan fingerprint density at radius 3 is 1.38 bits per heavy atom. The molecule has 0 unspecified atom stereocenters. The first-order chi connectivity index (χ1) is 35.0. The molecule has 7 nitrogen and oxygen atoms in total. The number of fused-ring (bicyclic) bond motifs is 5. The van der Waals surface area contributed by atoms with Crippen molar-refractivity contribution in [3.63, 3.8) is 0 Å². The first kappa shape index (κ1) is 42.3. The maximum absolute atomic E-state index is 6.41. The summed E-state index contributed by atoms with van der Waals surface area (Å²) < 4.78 is 2.37. The maximum Gasteiger partial charge on any atom is 0.164 e. The van der Waals surface area contributed by atoms with Gasteiger partial charge in [-0.25, -0.2) is 29.9 Å². The van der Waals surface area contributed by atoms with Gasteiger partial charge in [-0.2, -0.15) is 0 Å². The van der Waals surface area contributed by atoms with Crippen LogP contribution in [0.1, 0.15) is 11.1 Å². The van der Waals surface area contributed by atoms with Gasteiger partial charge in [0.25, 0.3) is 0 Å². The van der Waals surface area contributed by atoms with Crippen molar-refractivity contribution in [1.29, 1.82) is 0 Å². The lowest BCUT2D eigenvalue weighted by Crippen LogP contribution is -2.01. The van der Waals surface area contributed by atoms with Crippen LogP contribution in [0.2, 0.25) is 5.02 Å². The average Bonchev–Trinajstić information content (AvgIpc) is 3.64. The lowest BCUT2D eigenvalue weighted by atomic mass is 10.0. The van der Waals surface area contributed by atoms with E-state index in [1.165, 1.54) is 31.7 Å². The summed E-state index contributed by atoms with van der Waals surface area (Å²) in [6.45, 7) is 0. The van der Waals surface area contributed by atoms with E-state index < -0.39 is 0 Å². The van der Waals surface area contributed by atoms with Crippen molar-refractivity contribution in [2.75, 3.05) is 0 Å². The first-order valence-electron chi connectivity index (χ1n) is 23.3. The van der Waals surface area contributed by atoms with Gasteiger partial charge < -0.3 is 4.57 Å². The van der Waals surface area contributed by atoms with E-state index >= 15 is 0 Å². The Balaban J connectivity index is 0.856. The highest BCUT2D eigenvalue weighted by Crippen LogP contribution is 2.44. The van der Waals surface area contributed by atoms with Crippen molar-refractivity contribution < 1.29 is 0 Å². The summed E-state index contributed by atoms with van der Waals surface area (Å²) in [4.78, 5) is 32.2. The van der Waals surface area contributed by atoms with Crippen molar-refractivity contribution in [3.8, 4) is 85.1 Å². The largest absolute Gasteiger partial charge is 0.309 e. The van der Waals surface area contributed by atoms with E-state index in [4.69, 9.17) is 41.5 Å². The van der Waals surface area contributed by atoms with E-state index in [9.17, 15) is 0 Å². The molecule has 0 atom stereocenters. The molecular weight excluding hydrogens is 910 g/mol. The van der Waals surface area contributed by atoms with E-state index in [0.29, 0.717) is 40.0 Å². The van der Waals surface area contributed by atoms with Crippen molar-refractivity contribution in [2.45, 2.75) is 9.79 Å². The molecule has 4 heterocycles. The third-order valence-corrected chi connectivity index (χ3v) is 14.2. The molecule has 0 amide bonds. The fourth-order valence-electron chi connectivity index (χ4n) is 9.26. The summed E-state index contributed by atoms with van der Waals surface area (Å²) in [5, 5.41) is 3.00. The zero-order valence-electron chi connectivity index (χ0n) is 37.9. The quantitative estimate of drug-likeness (QED) is 0.150. The van der Waals surface area contributed by atoms with Crippen LogP contribution in [0.5, 0.6) is 0 Å². The highest BCUT2D eigenvalue weighted by molar-refractivity contribution is 7.99. The van der Waals surface area contributed by atoms with Crippen molar-refractivity contribution in [3.05, 3.63) is 235 Å². The number of para-hydroxylation sites is 1. The number of hydrogen-bond donors (Lipinski definition) is 0. The normalized spacial score (nSPS) is 11.9. The van der Waals surface area contributed by atoms with Crippen LogP contribution in [0, 0.1) is 0 Å². The second-order valence-electron chi connectivity index (χ2n) is 17.3. The summed E-state index contributed by atoms with van der Waals surface area (Å²) in [5.41, 5.74) is 13.2. The van der Waals surface area contributed by atoms with Crippen LogP contribution in [-0.2, 0) is 0 Å². The molecular formula is C62H38ClN7S. The minimum Gasteiger partial charge on any atom is -0.309 e. The second kappa shape index (κ2) is 17.9.